The van der Waals surface area contributed by atoms with Crippen LogP contribution in [-0.2, 0) is 6.42 Å². The zero-order chi connectivity index (χ0) is 17.6. The molecule has 2 aromatic carbocycles. The fourth-order valence-corrected chi connectivity index (χ4v) is 3.61. The van der Waals surface area contributed by atoms with Crippen LogP contribution in [0.2, 0.25) is 0 Å². The number of fused-ring (bicyclic) bond motifs is 2. The Labute approximate surface area is 147 Å². The highest BCUT2D eigenvalue weighted by molar-refractivity contribution is 5.90. The quantitative estimate of drug-likeness (QED) is 0.792. The van der Waals surface area contributed by atoms with Gasteiger partial charge in [-0.15, -0.1) is 0 Å². The van der Waals surface area contributed by atoms with Crippen molar-refractivity contribution in [2.45, 2.75) is 26.4 Å². The minimum absolute atomic E-state index is 0.0478. The predicted octanol–water partition coefficient (Wildman–Crippen LogP) is 3.79. The molecule has 2 N–H and O–H groups in total. The van der Waals surface area contributed by atoms with Crippen LogP contribution in [0.25, 0.3) is 22.2 Å². The Morgan fingerprint density at radius 1 is 1.24 bits per heavy atom. The largest absolute Gasteiger partial charge is 0.494 e. The maximum absolute atomic E-state index is 6.11. The first kappa shape index (κ1) is 15.9. The summed E-state index contributed by atoms with van der Waals surface area (Å²) in [6, 6.07) is 12.5. The summed E-state index contributed by atoms with van der Waals surface area (Å²) in [7, 11) is 1.68. The molecule has 1 aliphatic rings. The van der Waals surface area contributed by atoms with E-state index in [0.29, 0.717) is 6.54 Å². The molecule has 0 spiro atoms. The molecule has 0 aliphatic carbocycles. The van der Waals surface area contributed by atoms with Crippen molar-refractivity contribution in [2.24, 2.45) is 5.73 Å². The second-order valence-electron chi connectivity index (χ2n) is 6.66. The first-order chi connectivity index (χ1) is 12.1. The highest BCUT2D eigenvalue weighted by Crippen LogP contribution is 2.40. The number of hydrogen-bond donors (Lipinski definition) is 1. The number of benzene rings is 2. The van der Waals surface area contributed by atoms with E-state index in [0.717, 1.165) is 40.1 Å². The Bertz CT molecular complexity index is 966. The molecule has 0 bridgehead atoms. The molecule has 0 unspecified atom stereocenters. The van der Waals surface area contributed by atoms with Crippen molar-refractivity contribution < 1.29 is 9.47 Å². The number of ether oxygens (including phenoxy) is 2. The average molecular weight is 334 g/mol. The van der Waals surface area contributed by atoms with Crippen LogP contribution in [0.15, 0.2) is 36.4 Å². The highest BCUT2D eigenvalue weighted by Gasteiger charge is 2.26. The van der Waals surface area contributed by atoms with Gasteiger partial charge in [0.1, 0.15) is 23.1 Å². The van der Waals surface area contributed by atoms with Gasteiger partial charge in [0, 0.05) is 23.9 Å². The third-order valence-electron chi connectivity index (χ3n) is 4.81. The first-order valence-corrected chi connectivity index (χ1v) is 8.55. The van der Waals surface area contributed by atoms with Crippen molar-refractivity contribution in [1.82, 2.24) is 4.98 Å². The smallest absolute Gasteiger partial charge is 0.145 e. The van der Waals surface area contributed by atoms with Gasteiger partial charge < -0.3 is 15.2 Å². The van der Waals surface area contributed by atoms with Gasteiger partial charge in [-0.1, -0.05) is 18.2 Å². The number of para-hydroxylation sites is 1. The molecule has 4 rings (SSSR count). The molecular formula is C21H22N2O2. The number of nitrogens with two attached hydrogens (primary N) is 1. The normalized spacial score (nSPS) is 15.9. The van der Waals surface area contributed by atoms with Crippen molar-refractivity contribution in [3.8, 4) is 22.8 Å². The summed E-state index contributed by atoms with van der Waals surface area (Å²) in [5.74, 6) is 1.70. The van der Waals surface area contributed by atoms with E-state index in [1.54, 1.807) is 7.11 Å². The molecule has 2 heterocycles. The van der Waals surface area contributed by atoms with Gasteiger partial charge in [-0.2, -0.15) is 0 Å². The molecule has 1 atom stereocenters. The molecule has 0 radical (unpaired) electrons. The summed E-state index contributed by atoms with van der Waals surface area (Å²) in [6.07, 6.45) is 0.905. The van der Waals surface area contributed by atoms with Crippen LogP contribution in [0.1, 0.15) is 16.7 Å². The SMILES string of the molecule is COc1cccc2c(C)cc(-c3cc(C)cc4c3O[C@H](CN)C4)nc12. The summed E-state index contributed by atoms with van der Waals surface area (Å²) < 4.78 is 11.6. The number of methoxy groups -OCH3 is 1. The summed E-state index contributed by atoms with van der Waals surface area (Å²) in [5, 5.41) is 1.10. The Morgan fingerprint density at radius 2 is 2.08 bits per heavy atom. The van der Waals surface area contributed by atoms with Crippen LogP contribution < -0.4 is 15.2 Å². The number of nitrogens with zero attached hydrogens (tertiary/aromatic N) is 1. The van der Waals surface area contributed by atoms with E-state index in [9.17, 15) is 0 Å². The van der Waals surface area contributed by atoms with E-state index in [4.69, 9.17) is 20.2 Å². The maximum Gasteiger partial charge on any atom is 0.145 e. The average Bonchev–Trinajstić information content (AvgIpc) is 3.03. The molecule has 0 amide bonds. The number of aromatic nitrogens is 1. The molecule has 4 nitrogen and oxygen atoms in total. The van der Waals surface area contributed by atoms with Gasteiger partial charge in [0.25, 0.3) is 0 Å². The van der Waals surface area contributed by atoms with Crippen LogP contribution in [-0.4, -0.2) is 24.7 Å². The number of aryl methyl sites for hydroxylation is 2. The minimum atomic E-state index is 0.0478. The lowest BCUT2D eigenvalue weighted by molar-refractivity contribution is 0.242. The van der Waals surface area contributed by atoms with Gasteiger partial charge in [-0.3, -0.25) is 0 Å². The van der Waals surface area contributed by atoms with E-state index < -0.39 is 0 Å². The van der Waals surface area contributed by atoms with E-state index in [1.807, 2.05) is 12.1 Å². The van der Waals surface area contributed by atoms with Crippen molar-refractivity contribution in [3.05, 3.63) is 53.1 Å². The fraction of sp³-hybridized carbons (Fsp3) is 0.286. The van der Waals surface area contributed by atoms with Gasteiger partial charge in [0.15, 0.2) is 0 Å². The number of rotatable bonds is 3. The highest BCUT2D eigenvalue weighted by atomic mass is 16.5. The molecule has 4 heteroatoms. The van der Waals surface area contributed by atoms with E-state index in [2.05, 4.69) is 38.1 Å². The Hall–Kier alpha value is -2.59. The molecule has 0 saturated heterocycles. The van der Waals surface area contributed by atoms with Gasteiger partial charge >= 0.3 is 0 Å². The van der Waals surface area contributed by atoms with Crippen LogP contribution in [0.4, 0.5) is 0 Å². The Balaban J connectivity index is 1.95. The lowest BCUT2D eigenvalue weighted by Crippen LogP contribution is -2.24. The molecule has 128 valence electrons. The summed E-state index contributed by atoms with van der Waals surface area (Å²) in [4.78, 5) is 4.91. The Morgan fingerprint density at radius 3 is 2.84 bits per heavy atom. The van der Waals surface area contributed by atoms with Gasteiger partial charge in [-0.25, -0.2) is 4.98 Å². The molecular weight excluding hydrogens is 312 g/mol. The van der Waals surface area contributed by atoms with E-state index in [1.165, 1.54) is 16.7 Å². The predicted molar refractivity (Wildman–Crippen MR) is 100 cm³/mol. The number of hydrogen-bond acceptors (Lipinski definition) is 4. The standard InChI is InChI=1S/C21H22N2O2/c1-12-7-14-10-15(11-22)25-21(14)17(8-12)18-9-13(2)16-5-4-6-19(24-3)20(16)23-18/h4-9,15H,10-11,22H2,1-3H3/t15-/m0/s1. The minimum Gasteiger partial charge on any atom is -0.494 e. The van der Waals surface area contributed by atoms with Crippen molar-refractivity contribution in [1.29, 1.82) is 0 Å². The van der Waals surface area contributed by atoms with Crippen LogP contribution >= 0.6 is 0 Å². The molecule has 0 saturated carbocycles. The monoisotopic (exact) mass is 334 g/mol. The fourth-order valence-electron chi connectivity index (χ4n) is 3.61. The summed E-state index contributed by atoms with van der Waals surface area (Å²) >= 11 is 0. The van der Waals surface area contributed by atoms with Crippen LogP contribution in [0, 0.1) is 13.8 Å². The van der Waals surface area contributed by atoms with Gasteiger partial charge in [0.05, 0.1) is 12.8 Å². The maximum atomic E-state index is 6.11. The van der Waals surface area contributed by atoms with Crippen molar-refractivity contribution >= 4 is 10.9 Å². The van der Waals surface area contributed by atoms with Gasteiger partial charge in [-0.05, 0) is 48.7 Å². The molecule has 0 fully saturated rings. The second kappa shape index (κ2) is 6.05. The lowest BCUT2D eigenvalue weighted by Gasteiger charge is -2.14. The van der Waals surface area contributed by atoms with Crippen LogP contribution in [0.5, 0.6) is 11.5 Å². The van der Waals surface area contributed by atoms with E-state index >= 15 is 0 Å². The summed E-state index contributed by atoms with van der Waals surface area (Å²) in [6.45, 7) is 4.73. The summed E-state index contributed by atoms with van der Waals surface area (Å²) in [5.41, 5.74) is 12.2. The van der Waals surface area contributed by atoms with E-state index in [-0.39, 0.29) is 6.10 Å². The van der Waals surface area contributed by atoms with Crippen molar-refractivity contribution in [2.75, 3.05) is 13.7 Å². The second-order valence-corrected chi connectivity index (χ2v) is 6.66. The Kier molecular flexibility index (Phi) is 3.85. The third kappa shape index (κ3) is 2.63. The molecule has 1 aliphatic heterocycles. The third-order valence-corrected chi connectivity index (χ3v) is 4.81. The molecule has 3 aromatic rings. The zero-order valence-corrected chi connectivity index (χ0v) is 14.8. The zero-order valence-electron chi connectivity index (χ0n) is 14.8. The van der Waals surface area contributed by atoms with Crippen LogP contribution in [0.3, 0.4) is 0 Å². The first-order valence-electron chi connectivity index (χ1n) is 8.55. The number of pyridine rings is 1. The molecule has 1 aromatic heterocycles. The lowest BCUT2D eigenvalue weighted by atomic mass is 9.99. The topological polar surface area (TPSA) is 57.4 Å². The molecule has 25 heavy (non-hydrogen) atoms. The van der Waals surface area contributed by atoms with Crippen molar-refractivity contribution in [3.63, 3.8) is 0 Å². The van der Waals surface area contributed by atoms with Gasteiger partial charge in [0.2, 0.25) is 0 Å².